The van der Waals surface area contributed by atoms with Crippen molar-refractivity contribution in [1.29, 1.82) is 0 Å². The van der Waals surface area contributed by atoms with E-state index in [0.29, 0.717) is 52.1 Å². The Kier molecular flexibility index (Phi) is 7.62. The minimum atomic E-state index is -0.726. The molecule has 0 amide bonds. The van der Waals surface area contributed by atoms with E-state index in [1.54, 1.807) is 0 Å². The highest BCUT2D eigenvalue weighted by Crippen LogP contribution is 2.41. The standard InChI is InChI=1S/C35H36O4/c1-5-13-29(14-6-1)21-34(22-30-15-7-2-8-16-30)36-25-33(26-37-34)27-38-35(39-28-33,23-31-17-9-3-10-18-31)24-32-19-11-4-12-20-32/h1-20H,21-28H2. The minimum absolute atomic E-state index is 0.340. The Balaban J connectivity index is 1.18. The fraction of sp³-hybridized carbons (Fsp3) is 0.314. The first-order valence-corrected chi connectivity index (χ1v) is 13.9. The summed E-state index contributed by atoms with van der Waals surface area (Å²) >= 11 is 0. The van der Waals surface area contributed by atoms with Gasteiger partial charge in [-0.3, -0.25) is 0 Å². The van der Waals surface area contributed by atoms with Gasteiger partial charge in [0.05, 0.1) is 31.8 Å². The normalized spacial score (nSPS) is 19.5. The second-order valence-corrected chi connectivity index (χ2v) is 11.1. The maximum Gasteiger partial charge on any atom is 0.176 e. The third-order valence-corrected chi connectivity index (χ3v) is 7.83. The number of benzene rings is 4. The lowest BCUT2D eigenvalue weighted by Gasteiger charge is -2.51. The lowest BCUT2D eigenvalue weighted by molar-refractivity contribution is -0.366. The highest BCUT2D eigenvalue weighted by molar-refractivity contribution is 5.23. The topological polar surface area (TPSA) is 36.9 Å². The maximum atomic E-state index is 6.69. The van der Waals surface area contributed by atoms with E-state index < -0.39 is 11.6 Å². The first kappa shape index (κ1) is 26.0. The molecule has 200 valence electrons. The van der Waals surface area contributed by atoms with Crippen LogP contribution in [0, 0.1) is 5.41 Å². The highest BCUT2D eigenvalue weighted by Gasteiger charge is 2.51. The van der Waals surface area contributed by atoms with Crippen LogP contribution in [0.3, 0.4) is 0 Å². The van der Waals surface area contributed by atoms with Gasteiger partial charge in [0.2, 0.25) is 0 Å². The van der Waals surface area contributed by atoms with Gasteiger partial charge in [-0.25, -0.2) is 0 Å². The number of rotatable bonds is 8. The van der Waals surface area contributed by atoms with E-state index in [-0.39, 0.29) is 5.41 Å². The molecule has 0 saturated carbocycles. The molecule has 0 bridgehead atoms. The molecular formula is C35H36O4. The van der Waals surface area contributed by atoms with Crippen LogP contribution in [0.15, 0.2) is 121 Å². The minimum Gasteiger partial charge on any atom is -0.348 e. The molecule has 0 atom stereocenters. The first-order chi connectivity index (χ1) is 19.1. The monoisotopic (exact) mass is 520 g/mol. The number of hydrogen-bond acceptors (Lipinski definition) is 4. The molecule has 4 aromatic rings. The maximum absolute atomic E-state index is 6.69. The molecule has 2 saturated heterocycles. The zero-order valence-electron chi connectivity index (χ0n) is 22.3. The van der Waals surface area contributed by atoms with Gasteiger partial charge in [0.1, 0.15) is 0 Å². The van der Waals surface area contributed by atoms with Gasteiger partial charge in [0, 0.05) is 25.7 Å². The molecule has 4 aromatic carbocycles. The molecular weight excluding hydrogens is 484 g/mol. The van der Waals surface area contributed by atoms with E-state index in [1.165, 1.54) is 22.3 Å². The van der Waals surface area contributed by atoms with E-state index in [0.717, 1.165) is 0 Å². The van der Waals surface area contributed by atoms with Crippen LogP contribution in [0.2, 0.25) is 0 Å². The number of hydrogen-bond donors (Lipinski definition) is 0. The summed E-state index contributed by atoms with van der Waals surface area (Å²) in [6.07, 6.45) is 2.75. The molecule has 0 unspecified atom stereocenters. The largest absolute Gasteiger partial charge is 0.348 e. The summed E-state index contributed by atoms with van der Waals surface area (Å²) in [5.41, 5.74) is 4.46. The van der Waals surface area contributed by atoms with Crippen LogP contribution in [-0.4, -0.2) is 38.0 Å². The van der Waals surface area contributed by atoms with Gasteiger partial charge < -0.3 is 18.9 Å². The van der Waals surface area contributed by atoms with Crippen molar-refractivity contribution in [2.24, 2.45) is 5.41 Å². The van der Waals surface area contributed by atoms with Gasteiger partial charge in [-0.2, -0.15) is 0 Å². The van der Waals surface area contributed by atoms with Crippen LogP contribution < -0.4 is 0 Å². The van der Waals surface area contributed by atoms with Crippen LogP contribution in [0.5, 0.6) is 0 Å². The van der Waals surface area contributed by atoms with Crippen molar-refractivity contribution < 1.29 is 18.9 Å². The molecule has 4 nitrogen and oxygen atoms in total. The summed E-state index contributed by atoms with van der Waals surface area (Å²) in [5, 5.41) is 0. The molecule has 2 heterocycles. The average Bonchev–Trinajstić information content (AvgIpc) is 2.99. The van der Waals surface area contributed by atoms with Gasteiger partial charge in [0.15, 0.2) is 11.6 Å². The Morgan fingerprint density at radius 3 is 0.821 bits per heavy atom. The van der Waals surface area contributed by atoms with Gasteiger partial charge >= 0.3 is 0 Å². The van der Waals surface area contributed by atoms with Crippen molar-refractivity contribution in [3.05, 3.63) is 144 Å². The van der Waals surface area contributed by atoms with E-state index >= 15 is 0 Å². The van der Waals surface area contributed by atoms with E-state index in [9.17, 15) is 0 Å². The van der Waals surface area contributed by atoms with Gasteiger partial charge in [-0.05, 0) is 22.3 Å². The van der Waals surface area contributed by atoms with Crippen LogP contribution in [0.4, 0.5) is 0 Å². The number of ether oxygens (including phenoxy) is 4. The van der Waals surface area contributed by atoms with Crippen LogP contribution in [0.25, 0.3) is 0 Å². The fourth-order valence-corrected chi connectivity index (χ4v) is 5.63. The molecule has 0 N–H and O–H groups in total. The van der Waals surface area contributed by atoms with Crippen molar-refractivity contribution >= 4 is 0 Å². The molecule has 39 heavy (non-hydrogen) atoms. The zero-order valence-corrected chi connectivity index (χ0v) is 22.3. The SMILES string of the molecule is c1ccc(CC2(Cc3ccccc3)OCC3(CO2)COC(Cc2ccccc2)(Cc2ccccc2)OC3)cc1. The lowest BCUT2D eigenvalue weighted by atomic mass is 9.86. The highest BCUT2D eigenvalue weighted by atomic mass is 16.7. The molecule has 6 rings (SSSR count). The summed E-state index contributed by atoms with van der Waals surface area (Å²) in [4.78, 5) is 0. The van der Waals surface area contributed by atoms with Crippen molar-refractivity contribution in [1.82, 2.24) is 0 Å². The van der Waals surface area contributed by atoms with Crippen molar-refractivity contribution in [2.75, 3.05) is 26.4 Å². The Bertz CT molecular complexity index is 1100. The second-order valence-electron chi connectivity index (χ2n) is 11.1. The smallest absolute Gasteiger partial charge is 0.176 e. The van der Waals surface area contributed by atoms with Gasteiger partial charge in [0.25, 0.3) is 0 Å². The predicted octanol–water partition coefficient (Wildman–Crippen LogP) is 6.43. The average molecular weight is 521 g/mol. The lowest BCUT2D eigenvalue weighted by Crippen LogP contribution is -2.60. The van der Waals surface area contributed by atoms with Crippen molar-refractivity contribution in [3.63, 3.8) is 0 Å². The first-order valence-electron chi connectivity index (χ1n) is 13.9. The summed E-state index contributed by atoms with van der Waals surface area (Å²) in [6.45, 7) is 2.11. The van der Waals surface area contributed by atoms with Crippen molar-refractivity contribution in [2.45, 2.75) is 37.3 Å². The molecule has 2 fully saturated rings. The van der Waals surface area contributed by atoms with Crippen LogP contribution in [-0.2, 0) is 44.6 Å². The molecule has 0 radical (unpaired) electrons. The Hall–Kier alpha value is -3.28. The van der Waals surface area contributed by atoms with E-state index in [4.69, 9.17) is 18.9 Å². The molecule has 2 aliphatic rings. The Morgan fingerprint density at radius 2 is 0.590 bits per heavy atom. The van der Waals surface area contributed by atoms with Crippen LogP contribution >= 0.6 is 0 Å². The summed E-state index contributed by atoms with van der Waals surface area (Å²) < 4.78 is 26.8. The zero-order chi connectivity index (χ0) is 26.4. The second kappa shape index (κ2) is 11.4. The van der Waals surface area contributed by atoms with Crippen LogP contribution in [0.1, 0.15) is 22.3 Å². The third-order valence-electron chi connectivity index (χ3n) is 7.83. The molecule has 1 spiro atoms. The fourth-order valence-electron chi connectivity index (χ4n) is 5.63. The predicted molar refractivity (Wildman–Crippen MR) is 152 cm³/mol. The molecule has 4 heteroatoms. The molecule has 2 aliphatic heterocycles. The third kappa shape index (κ3) is 6.32. The Labute approximate surface area is 231 Å². The Morgan fingerprint density at radius 1 is 0.359 bits per heavy atom. The quantitative estimate of drug-likeness (QED) is 0.268. The van der Waals surface area contributed by atoms with Gasteiger partial charge in [-0.15, -0.1) is 0 Å². The molecule has 0 aromatic heterocycles. The van der Waals surface area contributed by atoms with Gasteiger partial charge in [-0.1, -0.05) is 121 Å². The molecule has 0 aliphatic carbocycles. The van der Waals surface area contributed by atoms with E-state index in [2.05, 4.69) is 97.1 Å². The van der Waals surface area contributed by atoms with Crippen molar-refractivity contribution in [3.8, 4) is 0 Å². The summed E-state index contributed by atoms with van der Waals surface area (Å²) in [5.74, 6) is -1.45. The summed E-state index contributed by atoms with van der Waals surface area (Å²) in [7, 11) is 0. The van der Waals surface area contributed by atoms with E-state index in [1.807, 2.05) is 24.3 Å². The summed E-state index contributed by atoms with van der Waals surface area (Å²) in [6, 6.07) is 41.8.